The quantitative estimate of drug-likeness (QED) is 0.792. The first-order valence-electron chi connectivity index (χ1n) is 5.64. The number of benzene rings is 1. The average Bonchev–Trinajstić information content (AvgIpc) is 2.37. The summed E-state index contributed by atoms with van der Waals surface area (Å²) in [6.45, 7) is 1.02. The van der Waals surface area contributed by atoms with Gasteiger partial charge in [0.05, 0.1) is 7.11 Å². The van der Waals surface area contributed by atoms with Crippen LogP contribution in [0.5, 0.6) is 5.75 Å². The second-order valence-electron chi connectivity index (χ2n) is 4.07. The summed E-state index contributed by atoms with van der Waals surface area (Å²) in [5.41, 5.74) is 0.368. The maximum absolute atomic E-state index is 11.6. The molecule has 0 saturated heterocycles. The Labute approximate surface area is 116 Å². The summed E-state index contributed by atoms with van der Waals surface area (Å²) in [4.78, 5) is 22.3. The molecule has 1 aromatic carbocycles. The first kappa shape index (κ1) is 16.0. The number of hydrogen-bond acceptors (Lipinski definition) is 5. The van der Waals surface area contributed by atoms with Gasteiger partial charge in [-0.25, -0.2) is 8.42 Å². The molecular weight excluding hydrogens is 286 g/mol. The van der Waals surface area contributed by atoms with Crippen LogP contribution in [0.2, 0.25) is 0 Å². The fourth-order valence-electron chi connectivity index (χ4n) is 1.36. The number of carbonyl (C=O) groups excluding carboxylic acids is 1. The third kappa shape index (κ3) is 4.23. The SMILES string of the molecule is COc1cccc(NC(=O)CS(=O)(=O)C(C)C(=O)O)c1. The van der Waals surface area contributed by atoms with Gasteiger partial charge in [0.15, 0.2) is 15.1 Å². The molecule has 0 spiro atoms. The number of hydrogen-bond donors (Lipinski definition) is 2. The monoisotopic (exact) mass is 301 g/mol. The highest BCUT2D eigenvalue weighted by molar-refractivity contribution is 7.93. The van der Waals surface area contributed by atoms with Crippen LogP contribution in [-0.2, 0) is 19.4 Å². The fourth-order valence-corrected chi connectivity index (χ4v) is 2.35. The molecular formula is C12H15NO6S. The van der Waals surface area contributed by atoms with E-state index in [4.69, 9.17) is 9.84 Å². The van der Waals surface area contributed by atoms with E-state index in [1.807, 2.05) is 0 Å². The molecule has 0 bridgehead atoms. The number of carbonyl (C=O) groups is 2. The molecule has 0 fully saturated rings. The van der Waals surface area contributed by atoms with Crippen molar-refractivity contribution >= 4 is 27.4 Å². The Morgan fingerprint density at radius 3 is 2.60 bits per heavy atom. The maximum Gasteiger partial charge on any atom is 0.321 e. The topological polar surface area (TPSA) is 110 Å². The predicted octanol–water partition coefficient (Wildman–Crippen LogP) is 0.522. The summed E-state index contributed by atoms with van der Waals surface area (Å²) in [6.07, 6.45) is 0. The highest BCUT2D eigenvalue weighted by Gasteiger charge is 2.29. The summed E-state index contributed by atoms with van der Waals surface area (Å²) in [6, 6.07) is 6.38. The molecule has 1 rings (SSSR count). The molecule has 0 aromatic heterocycles. The summed E-state index contributed by atoms with van der Waals surface area (Å²) in [5.74, 6) is -2.67. The van der Waals surface area contributed by atoms with Crippen molar-refractivity contribution in [2.24, 2.45) is 0 Å². The van der Waals surface area contributed by atoms with Crippen molar-refractivity contribution in [2.45, 2.75) is 12.2 Å². The van der Waals surface area contributed by atoms with Crippen molar-refractivity contribution in [1.29, 1.82) is 0 Å². The van der Waals surface area contributed by atoms with Gasteiger partial charge in [-0.1, -0.05) is 6.07 Å². The Morgan fingerprint density at radius 2 is 2.05 bits per heavy atom. The van der Waals surface area contributed by atoms with Gasteiger partial charge in [-0.2, -0.15) is 0 Å². The average molecular weight is 301 g/mol. The van der Waals surface area contributed by atoms with E-state index in [1.54, 1.807) is 18.2 Å². The number of ether oxygens (including phenoxy) is 1. The Kier molecular flexibility index (Phi) is 5.09. The summed E-state index contributed by atoms with van der Waals surface area (Å²) in [7, 11) is -2.58. The minimum atomic E-state index is -4.04. The standard InChI is InChI=1S/C12H15NO6S/c1-8(12(15)16)20(17,18)7-11(14)13-9-4-3-5-10(6-9)19-2/h3-6,8H,7H2,1-2H3,(H,13,14)(H,15,16). The van der Waals surface area contributed by atoms with Gasteiger partial charge in [-0.15, -0.1) is 0 Å². The maximum atomic E-state index is 11.6. The molecule has 20 heavy (non-hydrogen) atoms. The number of anilines is 1. The molecule has 110 valence electrons. The minimum absolute atomic E-state index is 0.368. The smallest absolute Gasteiger partial charge is 0.321 e. The Hall–Kier alpha value is -2.09. The lowest BCUT2D eigenvalue weighted by molar-refractivity contribution is -0.136. The summed E-state index contributed by atoms with van der Waals surface area (Å²) in [5, 5.41) is 9.41. The van der Waals surface area contributed by atoms with Gasteiger partial charge in [-0.05, 0) is 19.1 Å². The molecule has 0 heterocycles. The van der Waals surface area contributed by atoms with Crippen molar-refractivity contribution in [2.75, 3.05) is 18.2 Å². The van der Waals surface area contributed by atoms with Crippen LogP contribution in [0.4, 0.5) is 5.69 Å². The zero-order valence-electron chi connectivity index (χ0n) is 11.0. The van der Waals surface area contributed by atoms with Gasteiger partial charge >= 0.3 is 5.97 Å². The van der Waals surface area contributed by atoms with Crippen molar-refractivity contribution in [3.05, 3.63) is 24.3 Å². The molecule has 0 aliphatic heterocycles. The van der Waals surface area contributed by atoms with Crippen LogP contribution in [-0.4, -0.2) is 43.5 Å². The van der Waals surface area contributed by atoms with Crippen LogP contribution in [0.3, 0.4) is 0 Å². The molecule has 2 N–H and O–H groups in total. The Bertz CT molecular complexity index is 610. The highest BCUT2D eigenvalue weighted by atomic mass is 32.2. The van der Waals surface area contributed by atoms with Crippen molar-refractivity contribution in [3.63, 3.8) is 0 Å². The van der Waals surface area contributed by atoms with Gasteiger partial charge in [0.25, 0.3) is 0 Å². The molecule has 0 aliphatic rings. The molecule has 8 heteroatoms. The number of methoxy groups -OCH3 is 1. The number of nitrogens with one attached hydrogen (secondary N) is 1. The van der Waals surface area contributed by atoms with E-state index in [-0.39, 0.29) is 0 Å². The van der Waals surface area contributed by atoms with E-state index in [9.17, 15) is 18.0 Å². The second kappa shape index (κ2) is 6.38. The first-order chi connectivity index (χ1) is 9.26. The van der Waals surface area contributed by atoms with Crippen LogP contribution in [0.1, 0.15) is 6.92 Å². The molecule has 7 nitrogen and oxygen atoms in total. The highest BCUT2D eigenvalue weighted by Crippen LogP contribution is 2.16. The summed E-state index contributed by atoms with van der Waals surface area (Å²) >= 11 is 0. The van der Waals surface area contributed by atoms with Crippen LogP contribution >= 0.6 is 0 Å². The number of carboxylic acid groups (broad SMARTS) is 1. The number of sulfone groups is 1. The normalized spacial score (nSPS) is 12.5. The second-order valence-corrected chi connectivity index (χ2v) is 6.39. The van der Waals surface area contributed by atoms with Gasteiger partial charge in [0.1, 0.15) is 11.5 Å². The van der Waals surface area contributed by atoms with Gasteiger partial charge in [-0.3, -0.25) is 9.59 Å². The molecule has 1 atom stereocenters. The molecule has 1 unspecified atom stereocenters. The molecule has 0 radical (unpaired) electrons. The molecule has 1 amide bonds. The fraction of sp³-hybridized carbons (Fsp3) is 0.333. The Morgan fingerprint density at radius 1 is 1.40 bits per heavy atom. The zero-order valence-corrected chi connectivity index (χ0v) is 11.8. The van der Waals surface area contributed by atoms with Crippen molar-refractivity contribution < 1.29 is 27.9 Å². The lowest BCUT2D eigenvalue weighted by Crippen LogP contribution is -2.34. The van der Waals surface area contributed by atoms with E-state index in [0.29, 0.717) is 11.4 Å². The van der Waals surface area contributed by atoms with Gasteiger partial charge < -0.3 is 15.2 Å². The number of aliphatic carboxylic acids is 1. The van der Waals surface area contributed by atoms with E-state index >= 15 is 0 Å². The number of carboxylic acids is 1. The Balaban J connectivity index is 2.75. The summed E-state index contributed by atoms with van der Waals surface area (Å²) < 4.78 is 28.2. The van der Waals surface area contributed by atoms with E-state index in [0.717, 1.165) is 6.92 Å². The zero-order chi connectivity index (χ0) is 15.3. The van der Waals surface area contributed by atoms with E-state index < -0.39 is 32.7 Å². The van der Waals surface area contributed by atoms with Crippen LogP contribution in [0.15, 0.2) is 24.3 Å². The van der Waals surface area contributed by atoms with E-state index in [1.165, 1.54) is 13.2 Å². The van der Waals surface area contributed by atoms with Gasteiger partial charge in [0.2, 0.25) is 5.91 Å². The first-order valence-corrected chi connectivity index (χ1v) is 7.36. The van der Waals surface area contributed by atoms with Crippen LogP contribution in [0.25, 0.3) is 0 Å². The third-order valence-electron chi connectivity index (χ3n) is 2.57. The van der Waals surface area contributed by atoms with Gasteiger partial charge in [0, 0.05) is 11.8 Å². The molecule has 0 saturated carbocycles. The molecule has 1 aromatic rings. The van der Waals surface area contributed by atoms with Crippen LogP contribution in [0, 0.1) is 0 Å². The third-order valence-corrected chi connectivity index (χ3v) is 4.52. The van der Waals surface area contributed by atoms with Crippen molar-refractivity contribution in [1.82, 2.24) is 0 Å². The van der Waals surface area contributed by atoms with Crippen LogP contribution < -0.4 is 10.1 Å². The number of rotatable bonds is 6. The lowest BCUT2D eigenvalue weighted by atomic mass is 10.3. The van der Waals surface area contributed by atoms with E-state index in [2.05, 4.69) is 5.32 Å². The minimum Gasteiger partial charge on any atom is -0.497 e. The van der Waals surface area contributed by atoms with Crippen molar-refractivity contribution in [3.8, 4) is 5.75 Å². The largest absolute Gasteiger partial charge is 0.497 e. The number of amides is 1. The predicted molar refractivity (Wildman–Crippen MR) is 72.5 cm³/mol. The lowest BCUT2D eigenvalue weighted by Gasteiger charge is -2.09. The molecule has 0 aliphatic carbocycles.